The predicted molar refractivity (Wildman–Crippen MR) is 118 cm³/mol. The minimum absolute atomic E-state index is 0.00153. The number of fused-ring (bicyclic) bond motifs is 5. The zero-order valence-corrected chi connectivity index (χ0v) is 18.9. The third kappa shape index (κ3) is 3.24. The minimum atomic E-state index is -0.00153. The SMILES string of the molecule is [2H]C1CC[C@@]2(C)[C@H](C1)C(=O)C[C@@H]1[C@@H]2CC[C@]2(C)[C@@H]([C@H](C)CCCC(=C)C)CC[C@@H]12. The maximum atomic E-state index is 13.3. The quantitative estimate of drug-likeness (QED) is 0.445. The van der Waals surface area contributed by atoms with Crippen molar-refractivity contribution in [2.24, 2.45) is 46.3 Å². The van der Waals surface area contributed by atoms with Crippen molar-refractivity contribution in [1.82, 2.24) is 0 Å². The second kappa shape index (κ2) is 7.59. The molecular weight excluding hydrogens is 340 g/mol. The van der Waals surface area contributed by atoms with Gasteiger partial charge < -0.3 is 0 Å². The van der Waals surface area contributed by atoms with E-state index in [1.54, 1.807) is 0 Å². The summed E-state index contributed by atoms with van der Waals surface area (Å²) < 4.78 is 8.25. The molecule has 1 unspecified atom stereocenters. The molecule has 158 valence electrons. The fourth-order valence-corrected chi connectivity index (χ4v) is 8.75. The molecular formula is C27H44O. The molecule has 1 heteroatoms. The molecule has 4 rings (SSSR count). The summed E-state index contributed by atoms with van der Waals surface area (Å²) in [5.41, 5.74) is 1.95. The van der Waals surface area contributed by atoms with E-state index in [0.717, 1.165) is 49.4 Å². The topological polar surface area (TPSA) is 17.1 Å². The number of allylic oxidation sites excluding steroid dienone is 1. The van der Waals surface area contributed by atoms with Crippen LogP contribution in [-0.4, -0.2) is 5.78 Å². The highest BCUT2D eigenvalue weighted by Gasteiger charge is 2.61. The Kier molecular flexibility index (Phi) is 5.25. The van der Waals surface area contributed by atoms with Crippen LogP contribution in [0.2, 0.25) is 0 Å². The first kappa shape index (κ1) is 19.4. The largest absolute Gasteiger partial charge is 0.299 e. The Morgan fingerprint density at radius 2 is 1.93 bits per heavy atom. The second-order valence-electron chi connectivity index (χ2n) is 11.7. The van der Waals surface area contributed by atoms with E-state index in [-0.39, 0.29) is 17.7 Å². The normalized spacial score (nSPS) is 49.6. The third-order valence-electron chi connectivity index (χ3n) is 10.2. The average Bonchev–Trinajstić information content (AvgIpc) is 3.00. The van der Waals surface area contributed by atoms with Crippen molar-refractivity contribution in [3.8, 4) is 0 Å². The van der Waals surface area contributed by atoms with Gasteiger partial charge in [0, 0.05) is 13.7 Å². The number of hydrogen-bond donors (Lipinski definition) is 0. The molecule has 0 aromatic heterocycles. The molecule has 28 heavy (non-hydrogen) atoms. The van der Waals surface area contributed by atoms with Crippen LogP contribution in [0.4, 0.5) is 0 Å². The Bertz CT molecular complexity index is 655. The zero-order chi connectivity index (χ0) is 21.0. The molecule has 0 bridgehead atoms. The van der Waals surface area contributed by atoms with Gasteiger partial charge in [0.2, 0.25) is 0 Å². The van der Waals surface area contributed by atoms with Gasteiger partial charge in [-0.05, 0) is 98.7 Å². The highest BCUT2D eigenvalue weighted by molar-refractivity contribution is 5.83. The monoisotopic (exact) mass is 385 g/mol. The van der Waals surface area contributed by atoms with Crippen molar-refractivity contribution in [1.29, 1.82) is 0 Å². The van der Waals surface area contributed by atoms with E-state index in [4.69, 9.17) is 1.37 Å². The Balaban J connectivity index is 1.51. The van der Waals surface area contributed by atoms with Gasteiger partial charge in [0.15, 0.2) is 0 Å². The van der Waals surface area contributed by atoms with E-state index < -0.39 is 0 Å². The van der Waals surface area contributed by atoms with Crippen LogP contribution in [0.1, 0.15) is 106 Å². The van der Waals surface area contributed by atoms with Gasteiger partial charge in [0.05, 0.1) is 0 Å². The Morgan fingerprint density at radius 1 is 1.18 bits per heavy atom. The highest BCUT2D eigenvalue weighted by atomic mass is 16.1. The van der Waals surface area contributed by atoms with Gasteiger partial charge in [-0.3, -0.25) is 4.79 Å². The molecule has 4 fully saturated rings. The van der Waals surface area contributed by atoms with Crippen molar-refractivity contribution >= 4 is 5.78 Å². The Morgan fingerprint density at radius 3 is 2.68 bits per heavy atom. The van der Waals surface area contributed by atoms with Crippen LogP contribution in [0.15, 0.2) is 12.2 Å². The van der Waals surface area contributed by atoms with Crippen LogP contribution in [0.3, 0.4) is 0 Å². The van der Waals surface area contributed by atoms with Gasteiger partial charge >= 0.3 is 0 Å². The van der Waals surface area contributed by atoms with E-state index in [0.29, 0.717) is 17.1 Å². The smallest absolute Gasteiger partial charge is 0.136 e. The summed E-state index contributed by atoms with van der Waals surface area (Å²) in [5, 5.41) is 0. The lowest BCUT2D eigenvalue weighted by molar-refractivity contribution is -0.154. The molecule has 4 aliphatic rings. The molecule has 0 amide bonds. The molecule has 0 radical (unpaired) electrons. The lowest BCUT2D eigenvalue weighted by Gasteiger charge is -2.60. The minimum Gasteiger partial charge on any atom is -0.299 e. The third-order valence-corrected chi connectivity index (χ3v) is 10.2. The first-order chi connectivity index (χ1) is 13.7. The summed E-state index contributed by atoms with van der Waals surface area (Å²) in [6, 6.07) is 0. The number of ketones is 1. The van der Waals surface area contributed by atoms with Gasteiger partial charge in [-0.15, -0.1) is 6.58 Å². The summed E-state index contributed by atoms with van der Waals surface area (Å²) in [5.74, 6) is 4.44. The van der Waals surface area contributed by atoms with Crippen LogP contribution in [0.25, 0.3) is 0 Å². The molecule has 9 atom stereocenters. The van der Waals surface area contributed by atoms with Gasteiger partial charge in [-0.25, -0.2) is 0 Å². The van der Waals surface area contributed by atoms with Gasteiger partial charge in [0.25, 0.3) is 0 Å². The van der Waals surface area contributed by atoms with E-state index >= 15 is 0 Å². The van der Waals surface area contributed by atoms with E-state index in [1.807, 2.05) is 0 Å². The second-order valence-corrected chi connectivity index (χ2v) is 11.7. The summed E-state index contributed by atoms with van der Waals surface area (Å²) >= 11 is 0. The van der Waals surface area contributed by atoms with E-state index in [9.17, 15) is 4.79 Å². The summed E-state index contributed by atoms with van der Waals surface area (Å²) in [6.45, 7) is 13.8. The zero-order valence-electron chi connectivity index (χ0n) is 19.9. The molecule has 0 aromatic carbocycles. The molecule has 0 aromatic rings. The van der Waals surface area contributed by atoms with Crippen LogP contribution < -0.4 is 0 Å². The van der Waals surface area contributed by atoms with Crippen molar-refractivity contribution in [2.75, 3.05) is 0 Å². The fraction of sp³-hybridized carbons (Fsp3) is 0.889. The molecule has 4 saturated carbocycles. The molecule has 0 saturated heterocycles. The maximum Gasteiger partial charge on any atom is 0.136 e. The maximum absolute atomic E-state index is 13.3. The molecule has 4 aliphatic carbocycles. The summed E-state index contributed by atoms with van der Waals surface area (Å²) in [4.78, 5) is 13.3. The highest BCUT2D eigenvalue weighted by Crippen LogP contribution is 2.67. The number of Topliss-reactive ketones (excluding diaryl/α,β-unsaturated/α-hetero) is 1. The summed E-state index contributed by atoms with van der Waals surface area (Å²) in [7, 11) is 0. The van der Waals surface area contributed by atoms with Crippen molar-refractivity contribution in [2.45, 2.75) is 105 Å². The van der Waals surface area contributed by atoms with Crippen LogP contribution in [0, 0.1) is 46.3 Å². The Hall–Kier alpha value is -0.590. The number of hydrogen-bond acceptors (Lipinski definition) is 1. The lowest BCUT2D eigenvalue weighted by atomic mass is 9.44. The van der Waals surface area contributed by atoms with Gasteiger partial charge in [-0.2, -0.15) is 0 Å². The summed E-state index contributed by atoms with van der Waals surface area (Å²) in [6.07, 6.45) is 13.0. The first-order valence-electron chi connectivity index (χ1n) is 12.8. The lowest BCUT2D eigenvalue weighted by Crippen LogP contribution is -2.56. The molecule has 0 aliphatic heterocycles. The number of carbonyl (C=O) groups is 1. The molecule has 0 N–H and O–H groups in total. The Labute approximate surface area is 175 Å². The van der Waals surface area contributed by atoms with Crippen LogP contribution >= 0.6 is 0 Å². The number of carbonyl (C=O) groups excluding carboxylic acids is 1. The first-order valence-corrected chi connectivity index (χ1v) is 12.3. The molecule has 0 heterocycles. The van der Waals surface area contributed by atoms with Crippen molar-refractivity contribution < 1.29 is 6.17 Å². The predicted octanol–water partition coefficient (Wildman–Crippen LogP) is 7.60. The van der Waals surface area contributed by atoms with E-state index in [1.165, 1.54) is 50.5 Å². The van der Waals surface area contributed by atoms with Crippen LogP contribution in [0.5, 0.6) is 0 Å². The average molecular weight is 386 g/mol. The standard InChI is InChI=1S/C27H44O/c1-18(2)9-8-10-19(3)21-12-13-22-20-17-25(28)24-11-6-7-15-26(24,4)23(20)14-16-27(21,22)5/h19-24H,1,6-17H2,2-5H3/t19-,20+,21-,22+,23+,24-,26-,27-/m1/s1/i6D/t6?,19-,20+,21-,22+,23+,24-,26-,27-. The fourth-order valence-electron chi connectivity index (χ4n) is 8.75. The van der Waals surface area contributed by atoms with Gasteiger partial charge in [-0.1, -0.05) is 45.6 Å². The molecule has 0 spiro atoms. The van der Waals surface area contributed by atoms with E-state index in [2.05, 4.69) is 34.3 Å². The van der Waals surface area contributed by atoms with Crippen molar-refractivity contribution in [3.05, 3.63) is 12.2 Å². The molecule has 1 nitrogen and oxygen atoms in total. The van der Waals surface area contributed by atoms with Crippen LogP contribution in [-0.2, 0) is 4.79 Å². The van der Waals surface area contributed by atoms with Gasteiger partial charge in [0.1, 0.15) is 5.78 Å². The number of rotatable bonds is 5. The van der Waals surface area contributed by atoms with Crippen molar-refractivity contribution in [3.63, 3.8) is 0 Å².